The van der Waals surface area contributed by atoms with Crippen molar-refractivity contribution in [1.82, 2.24) is 4.31 Å². The van der Waals surface area contributed by atoms with Gasteiger partial charge in [-0.3, -0.25) is 0 Å². The average molecular weight is 346 g/mol. The SMILES string of the molecule is C=CCC(CCC1=CCN(S(=O)(=O)c2ccc(C)cc2)C1)C(=C)C. The summed E-state index contributed by atoms with van der Waals surface area (Å²) in [7, 11) is -3.41. The predicted octanol–water partition coefficient (Wildman–Crippen LogP) is 4.47. The fraction of sp³-hybridized carbons (Fsp3) is 0.400. The molecule has 24 heavy (non-hydrogen) atoms. The minimum atomic E-state index is -3.41. The lowest BCUT2D eigenvalue weighted by molar-refractivity contribution is 0.478. The molecular formula is C20H27NO2S. The van der Waals surface area contributed by atoms with Crippen molar-refractivity contribution in [3.05, 3.63) is 66.3 Å². The van der Waals surface area contributed by atoms with E-state index in [4.69, 9.17) is 0 Å². The van der Waals surface area contributed by atoms with Gasteiger partial charge in [0.1, 0.15) is 0 Å². The molecule has 1 aromatic carbocycles. The zero-order valence-corrected chi connectivity index (χ0v) is 15.5. The third kappa shape index (κ3) is 4.46. The van der Waals surface area contributed by atoms with Crippen molar-refractivity contribution in [2.45, 2.75) is 38.0 Å². The van der Waals surface area contributed by atoms with Gasteiger partial charge in [0.15, 0.2) is 0 Å². The van der Waals surface area contributed by atoms with E-state index in [0.29, 0.717) is 23.9 Å². The molecular weight excluding hydrogens is 318 g/mol. The molecule has 0 amide bonds. The van der Waals surface area contributed by atoms with Gasteiger partial charge in [-0.15, -0.1) is 6.58 Å². The van der Waals surface area contributed by atoms with Crippen LogP contribution >= 0.6 is 0 Å². The second-order valence-electron chi connectivity index (χ2n) is 6.58. The van der Waals surface area contributed by atoms with Crippen LogP contribution in [0.5, 0.6) is 0 Å². The standard InChI is InChI=1S/C20H27NO2S/c1-5-6-19(16(2)3)10-9-18-13-14-21(15-18)24(22,23)20-11-7-17(4)8-12-20/h5,7-8,11-13,19H,1-2,6,9-10,14-15H2,3-4H3. The van der Waals surface area contributed by atoms with Crippen molar-refractivity contribution in [2.24, 2.45) is 5.92 Å². The first-order valence-corrected chi connectivity index (χ1v) is 9.79. The monoisotopic (exact) mass is 345 g/mol. The minimum Gasteiger partial charge on any atom is -0.207 e. The molecule has 1 aliphatic heterocycles. The quantitative estimate of drug-likeness (QED) is 0.652. The smallest absolute Gasteiger partial charge is 0.207 e. The van der Waals surface area contributed by atoms with Crippen molar-refractivity contribution in [2.75, 3.05) is 13.1 Å². The summed E-state index contributed by atoms with van der Waals surface area (Å²) in [6, 6.07) is 7.04. The number of nitrogens with zero attached hydrogens (tertiary/aromatic N) is 1. The lowest BCUT2D eigenvalue weighted by Crippen LogP contribution is -2.29. The van der Waals surface area contributed by atoms with E-state index < -0.39 is 10.0 Å². The van der Waals surface area contributed by atoms with Gasteiger partial charge < -0.3 is 0 Å². The van der Waals surface area contributed by atoms with Gasteiger partial charge in [-0.25, -0.2) is 8.42 Å². The highest BCUT2D eigenvalue weighted by Gasteiger charge is 2.28. The maximum absolute atomic E-state index is 12.7. The highest BCUT2D eigenvalue weighted by Crippen LogP contribution is 2.27. The summed E-state index contributed by atoms with van der Waals surface area (Å²) in [6.45, 7) is 12.8. The van der Waals surface area contributed by atoms with Gasteiger partial charge in [-0.1, -0.05) is 47.6 Å². The highest BCUT2D eigenvalue weighted by molar-refractivity contribution is 7.89. The summed E-state index contributed by atoms with van der Waals surface area (Å²) >= 11 is 0. The van der Waals surface area contributed by atoms with Gasteiger partial charge in [0, 0.05) is 13.1 Å². The molecule has 2 rings (SSSR count). The largest absolute Gasteiger partial charge is 0.243 e. The van der Waals surface area contributed by atoms with Gasteiger partial charge in [-0.2, -0.15) is 4.31 Å². The first kappa shape index (κ1) is 18.7. The second-order valence-corrected chi connectivity index (χ2v) is 8.52. The Morgan fingerprint density at radius 1 is 1.33 bits per heavy atom. The lowest BCUT2D eigenvalue weighted by Gasteiger charge is -2.18. The molecule has 0 fully saturated rings. The predicted molar refractivity (Wildman–Crippen MR) is 100 cm³/mol. The van der Waals surface area contributed by atoms with E-state index in [1.54, 1.807) is 16.4 Å². The maximum atomic E-state index is 12.7. The molecule has 4 heteroatoms. The molecule has 0 radical (unpaired) electrons. The molecule has 1 atom stereocenters. The van der Waals surface area contributed by atoms with Crippen LogP contribution < -0.4 is 0 Å². The van der Waals surface area contributed by atoms with Crippen molar-refractivity contribution >= 4 is 10.0 Å². The fourth-order valence-electron chi connectivity index (χ4n) is 2.94. The second kappa shape index (κ2) is 7.95. The Balaban J connectivity index is 1.97. The Morgan fingerprint density at radius 2 is 2.00 bits per heavy atom. The molecule has 0 saturated carbocycles. The summed E-state index contributed by atoms with van der Waals surface area (Å²) in [5.41, 5.74) is 3.42. The van der Waals surface area contributed by atoms with Crippen molar-refractivity contribution in [3.8, 4) is 0 Å². The van der Waals surface area contributed by atoms with Gasteiger partial charge >= 0.3 is 0 Å². The first-order valence-electron chi connectivity index (χ1n) is 8.35. The van der Waals surface area contributed by atoms with Crippen LogP contribution in [0, 0.1) is 12.8 Å². The fourth-order valence-corrected chi connectivity index (χ4v) is 4.32. The van der Waals surface area contributed by atoms with Crippen LogP contribution in [0.1, 0.15) is 31.7 Å². The summed E-state index contributed by atoms with van der Waals surface area (Å²) in [4.78, 5) is 0.370. The number of benzene rings is 1. The van der Waals surface area contributed by atoms with Crippen molar-refractivity contribution in [3.63, 3.8) is 0 Å². The Bertz CT molecular complexity index is 729. The third-order valence-corrected chi connectivity index (χ3v) is 6.41. The van der Waals surface area contributed by atoms with Crippen LogP contribution in [0.4, 0.5) is 0 Å². The topological polar surface area (TPSA) is 37.4 Å². The average Bonchev–Trinajstić information content (AvgIpc) is 3.01. The van der Waals surface area contributed by atoms with Crippen LogP contribution in [-0.2, 0) is 10.0 Å². The first-order chi connectivity index (χ1) is 11.3. The Morgan fingerprint density at radius 3 is 2.58 bits per heavy atom. The Kier molecular flexibility index (Phi) is 6.19. The van der Waals surface area contributed by atoms with Gasteiger partial charge in [0.05, 0.1) is 4.90 Å². The van der Waals surface area contributed by atoms with Crippen LogP contribution in [-0.4, -0.2) is 25.8 Å². The van der Waals surface area contributed by atoms with Crippen LogP contribution in [0.25, 0.3) is 0 Å². The zero-order valence-electron chi connectivity index (χ0n) is 14.7. The summed E-state index contributed by atoms with van der Waals surface area (Å²) in [6.07, 6.45) is 6.80. The van der Waals surface area contributed by atoms with E-state index >= 15 is 0 Å². The van der Waals surface area contributed by atoms with E-state index in [-0.39, 0.29) is 0 Å². The summed E-state index contributed by atoms with van der Waals surface area (Å²) in [5.74, 6) is 0.422. The van der Waals surface area contributed by atoms with Crippen LogP contribution in [0.2, 0.25) is 0 Å². The number of hydrogen-bond donors (Lipinski definition) is 0. The molecule has 0 aromatic heterocycles. The van der Waals surface area contributed by atoms with Crippen LogP contribution in [0.3, 0.4) is 0 Å². The number of sulfonamides is 1. The van der Waals surface area contributed by atoms with Crippen molar-refractivity contribution in [1.29, 1.82) is 0 Å². The Hall–Kier alpha value is -1.65. The number of hydrogen-bond acceptors (Lipinski definition) is 2. The van der Waals surface area contributed by atoms with Crippen molar-refractivity contribution < 1.29 is 8.42 Å². The minimum absolute atomic E-state index is 0.370. The van der Waals surface area contributed by atoms with Crippen LogP contribution in [0.15, 0.2) is 65.6 Å². The number of allylic oxidation sites excluding steroid dienone is 2. The maximum Gasteiger partial charge on any atom is 0.243 e. The molecule has 0 aliphatic carbocycles. The molecule has 130 valence electrons. The molecule has 0 spiro atoms. The molecule has 0 saturated heterocycles. The zero-order chi connectivity index (χ0) is 17.7. The third-order valence-electron chi connectivity index (χ3n) is 4.58. The van der Waals surface area contributed by atoms with E-state index in [1.165, 1.54) is 5.57 Å². The number of aryl methyl sites for hydroxylation is 1. The molecule has 0 N–H and O–H groups in total. The molecule has 1 aromatic rings. The van der Waals surface area contributed by atoms with Gasteiger partial charge in [0.2, 0.25) is 10.0 Å². The molecule has 1 aliphatic rings. The molecule has 1 unspecified atom stereocenters. The normalized spacial score (nSPS) is 16.7. The number of rotatable bonds is 8. The summed E-state index contributed by atoms with van der Waals surface area (Å²) < 4.78 is 27.0. The van der Waals surface area contributed by atoms with Gasteiger partial charge in [0.25, 0.3) is 0 Å². The lowest BCUT2D eigenvalue weighted by atomic mass is 9.91. The van der Waals surface area contributed by atoms with Gasteiger partial charge in [-0.05, 0) is 51.2 Å². The van der Waals surface area contributed by atoms with E-state index in [9.17, 15) is 8.42 Å². The van der Waals surface area contributed by atoms with E-state index in [1.807, 2.05) is 32.1 Å². The Labute approximate surface area is 146 Å². The summed E-state index contributed by atoms with van der Waals surface area (Å²) in [5, 5.41) is 0. The van der Waals surface area contributed by atoms with E-state index in [0.717, 1.165) is 30.4 Å². The molecule has 1 heterocycles. The molecule has 0 bridgehead atoms. The van der Waals surface area contributed by atoms with E-state index in [2.05, 4.69) is 19.2 Å². The highest BCUT2D eigenvalue weighted by atomic mass is 32.2. The molecule has 3 nitrogen and oxygen atoms in total.